The molecule has 0 fully saturated rings. The van der Waals surface area contributed by atoms with Crippen LogP contribution in [0.3, 0.4) is 0 Å². The SMILES string of the molecule is CNC(=O)CN(C)CCCOc1ccc(CN)cc1. The van der Waals surface area contributed by atoms with Crippen LogP contribution in [0.1, 0.15) is 12.0 Å². The number of carbonyl (C=O) groups excluding carboxylic acids is 1. The summed E-state index contributed by atoms with van der Waals surface area (Å²) < 4.78 is 5.62. The fourth-order valence-corrected chi connectivity index (χ4v) is 1.65. The molecular formula is C14H23N3O2. The van der Waals surface area contributed by atoms with Crippen LogP contribution in [0, 0.1) is 0 Å². The summed E-state index contributed by atoms with van der Waals surface area (Å²) in [4.78, 5) is 13.1. The maximum absolute atomic E-state index is 11.1. The minimum atomic E-state index is 0.0285. The molecule has 19 heavy (non-hydrogen) atoms. The zero-order chi connectivity index (χ0) is 14.1. The summed E-state index contributed by atoms with van der Waals surface area (Å²) >= 11 is 0. The van der Waals surface area contributed by atoms with E-state index >= 15 is 0 Å². The number of hydrogen-bond acceptors (Lipinski definition) is 4. The first-order valence-corrected chi connectivity index (χ1v) is 6.46. The standard InChI is InChI=1S/C14H23N3O2/c1-16-14(18)11-17(2)8-3-9-19-13-6-4-12(10-15)5-7-13/h4-7H,3,8-11,15H2,1-2H3,(H,16,18). The molecule has 0 heterocycles. The maximum Gasteiger partial charge on any atom is 0.233 e. The molecule has 0 atom stereocenters. The van der Waals surface area contributed by atoms with Gasteiger partial charge in [0.1, 0.15) is 5.75 Å². The zero-order valence-electron chi connectivity index (χ0n) is 11.7. The van der Waals surface area contributed by atoms with Crippen LogP contribution in [0.2, 0.25) is 0 Å². The van der Waals surface area contributed by atoms with Gasteiger partial charge < -0.3 is 15.8 Å². The minimum Gasteiger partial charge on any atom is -0.494 e. The van der Waals surface area contributed by atoms with E-state index in [1.165, 1.54) is 0 Å². The first-order chi connectivity index (χ1) is 9.15. The Morgan fingerprint density at radius 1 is 1.37 bits per heavy atom. The molecule has 0 aliphatic heterocycles. The molecule has 0 aromatic heterocycles. The van der Waals surface area contributed by atoms with Crippen molar-refractivity contribution < 1.29 is 9.53 Å². The minimum absolute atomic E-state index is 0.0285. The third-order valence-corrected chi connectivity index (χ3v) is 2.80. The van der Waals surface area contributed by atoms with E-state index in [0.29, 0.717) is 19.7 Å². The molecule has 5 nitrogen and oxygen atoms in total. The average Bonchev–Trinajstić information content (AvgIpc) is 2.44. The van der Waals surface area contributed by atoms with Gasteiger partial charge in [0, 0.05) is 20.1 Å². The number of likely N-dealkylation sites (N-methyl/N-ethyl adjacent to an activating group) is 2. The number of rotatable bonds is 8. The lowest BCUT2D eigenvalue weighted by Crippen LogP contribution is -2.33. The maximum atomic E-state index is 11.1. The Morgan fingerprint density at radius 3 is 2.63 bits per heavy atom. The second-order valence-corrected chi connectivity index (χ2v) is 4.46. The zero-order valence-corrected chi connectivity index (χ0v) is 11.7. The monoisotopic (exact) mass is 265 g/mol. The Kier molecular flexibility index (Phi) is 6.92. The lowest BCUT2D eigenvalue weighted by atomic mass is 10.2. The second kappa shape index (κ2) is 8.50. The van der Waals surface area contributed by atoms with Crippen molar-refractivity contribution in [1.29, 1.82) is 0 Å². The lowest BCUT2D eigenvalue weighted by molar-refractivity contribution is -0.121. The van der Waals surface area contributed by atoms with E-state index in [4.69, 9.17) is 10.5 Å². The van der Waals surface area contributed by atoms with Crippen LogP contribution in [0.5, 0.6) is 5.75 Å². The van der Waals surface area contributed by atoms with Crippen LogP contribution in [0.4, 0.5) is 0 Å². The van der Waals surface area contributed by atoms with E-state index in [1.54, 1.807) is 7.05 Å². The Morgan fingerprint density at radius 2 is 2.05 bits per heavy atom. The van der Waals surface area contributed by atoms with E-state index in [9.17, 15) is 4.79 Å². The number of hydrogen-bond donors (Lipinski definition) is 2. The van der Waals surface area contributed by atoms with Crippen molar-refractivity contribution in [2.45, 2.75) is 13.0 Å². The van der Waals surface area contributed by atoms with E-state index < -0.39 is 0 Å². The highest BCUT2D eigenvalue weighted by Gasteiger charge is 2.03. The van der Waals surface area contributed by atoms with Crippen molar-refractivity contribution in [2.24, 2.45) is 5.73 Å². The van der Waals surface area contributed by atoms with E-state index in [2.05, 4.69) is 5.32 Å². The highest BCUT2D eigenvalue weighted by molar-refractivity contribution is 5.77. The van der Waals surface area contributed by atoms with Crippen LogP contribution < -0.4 is 15.8 Å². The molecule has 0 bridgehead atoms. The third-order valence-electron chi connectivity index (χ3n) is 2.80. The molecule has 0 aliphatic rings. The van der Waals surface area contributed by atoms with Crippen LogP contribution in [-0.4, -0.2) is 44.6 Å². The summed E-state index contributed by atoms with van der Waals surface area (Å²) in [5, 5.41) is 2.60. The number of amides is 1. The first kappa shape index (κ1) is 15.5. The van der Waals surface area contributed by atoms with Gasteiger partial charge in [-0.15, -0.1) is 0 Å². The Hall–Kier alpha value is -1.59. The van der Waals surface area contributed by atoms with Gasteiger partial charge in [0.2, 0.25) is 5.91 Å². The Balaban J connectivity index is 2.17. The normalized spacial score (nSPS) is 10.5. The topological polar surface area (TPSA) is 67.6 Å². The molecule has 1 aromatic rings. The van der Waals surface area contributed by atoms with Crippen molar-refractivity contribution in [2.75, 3.05) is 33.8 Å². The molecule has 3 N–H and O–H groups in total. The molecule has 1 rings (SSSR count). The van der Waals surface area contributed by atoms with Crippen molar-refractivity contribution in [3.8, 4) is 5.75 Å². The van der Waals surface area contributed by atoms with Crippen LogP contribution in [0.15, 0.2) is 24.3 Å². The molecule has 0 spiro atoms. The largest absolute Gasteiger partial charge is 0.494 e. The number of nitrogens with zero attached hydrogens (tertiary/aromatic N) is 1. The summed E-state index contributed by atoms with van der Waals surface area (Å²) in [5.41, 5.74) is 6.62. The van der Waals surface area contributed by atoms with Gasteiger partial charge in [-0.25, -0.2) is 0 Å². The second-order valence-electron chi connectivity index (χ2n) is 4.46. The average molecular weight is 265 g/mol. The quantitative estimate of drug-likeness (QED) is 0.675. The highest BCUT2D eigenvalue weighted by atomic mass is 16.5. The summed E-state index contributed by atoms with van der Waals surface area (Å²) in [6.07, 6.45) is 0.881. The Bertz CT molecular complexity index is 379. The summed E-state index contributed by atoms with van der Waals surface area (Å²) in [6.45, 7) is 2.43. The van der Waals surface area contributed by atoms with Gasteiger partial charge in [0.15, 0.2) is 0 Å². The van der Waals surface area contributed by atoms with Crippen LogP contribution >= 0.6 is 0 Å². The van der Waals surface area contributed by atoms with Gasteiger partial charge in [-0.2, -0.15) is 0 Å². The van der Waals surface area contributed by atoms with Crippen LogP contribution in [0.25, 0.3) is 0 Å². The summed E-state index contributed by atoms with van der Waals surface area (Å²) in [5.74, 6) is 0.881. The molecule has 1 amide bonds. The molecule has 106 valence electrons. The number of nitrogens with two attached hydrogens (primary N) is 1. The summed E-state index contributed by atoms with van der Waals surface area (Å²) in [7, 11) is 3.57. The van der Waals surface area contributed by atoms with Crippen molar-refractivity contribution in [3.05, 3.63) is 29.8 Å². The Labute approximate surface area is 114 Å². The molecular weight excluding hydrogens is 242 g/mol. The van der Waals surface area contributed by atoms with Gasteiger partial charge in [-0.05, 0) is 31.2 Å². The van der Waals surface area contributed by atoms with E-state index in [1.807, 2.05) is 36.2 Å². The highest BCUT2D eigenvalue weighted by Crippen LogP contribution is 2.11. The molecule has 5 heteroatoms. The first-order valence-electron chi connectivity index (χ1n) is 6.46. The molecule has 0 aliphatic carbocycles. The fourth-order valence-electron chi connectivity index (χ4n) is 1.65. The van der Waals surface area contributed by atoms with Gasteiger partial charge in [-0.3, -0.25) is 9.69 Å². The van der Waals surface area contributed by atoms with Gasteiger partial charge in [0.05, 0.1) is 13.2 Å². The van der Waals surface area contributed by atoms with Crippen LogP contribution in [-0.2, 0) is 11.3 Å². The van der Waals surface area contributed by atoms with Crippen molar-refractivity contribution in [3.63, 3.8) is 0 Å². The summed E-state index contributed by atoms with van der Waals surface area (Å²) in [6, 6.07) is 7.78. The van der Waals surface area contributed by atoms with Gasteiger partial charge >= 0.3 is 0 Å². The van der Waals surface area contributed by atoms with E-state index in [-0.39, 0.29) is 5.91 Å². The van der Waals surface area contributed by atoms with Gasteiger partial charge in [0.25, 0.3) is 0 Å². The van der Waals surface area contributed by atoms with E-state index in [0.717, 1.165) is 24.3 Å². The number of carbonyl (C=O) groups is 1. The fraction of sp³-hybridized carbons (Fsp3) is 0.500. The molecule has 0 saturated heterocycles. The smallest absolute Gasteiger partial charge is 0.233 e. The molecule has 1 aromatic carbocycles. The van der Waals surface area contributed by atoms with Gasteiger partial charge in [-0.1, -0.05) is 12.1 Å². The van der Waals surface area contributed by atoms with Crippen molar-refractivity contribution >= 4 is 5.91 Å². The number of nitrogens with one attached hydrogen (secondary N) is 1. The number of ether oxygens (including phenoxy) is 1. The third kappa shape index (κ3) is 6.22. The molecule has 0 saturated carbocycles. The predicted molar refractivity (Wildman–Crippen MR) is 76.0 cm³/mol. The van der Waals surface area contributed by atoms with Crippen molar-refractivity contribution in [1.82, 2.24) is 10.2 Å². The lowest BCUT2D eigenvalue weighted by Gasteiger charge is -2.15. The molecule has 0 unspecified atom stereocenters. The number of benzene rings is 1. The predicted octanol–water partition coefficient (Wildman–Crippen LogP) is 0.592. The molecule has 0 radical (unpaired) electrons.